The second-order valence-corrected chi connectivity index (χ2v) is 4.94. The Morgan fingerprint density at radius 2 is 2.30 bits per heavy atom. The average Bonchev–Trinajstić information content (AvgIpc) is 2.64. The van der Waals surface area contributed by atoms with Crippen LogP contribution in [0.2, 0.25) is 0 Å². The van der Waals surface area contributed by atoms with E-state index < -0.39 is 6.04 Å². The van der Waals surface area contributed by atoms with Gasteiger partial charge >= 0.3 is 0 Å². The maximum absolute atomic E-state index is 12.0. The van der Waals surface area contributed by atoms with Crippen molar-refractivity contribution in [1.82, 2.24) is 10.6 Å². The van der Waals surface area contributed by atoms with Gasteiger partial charge in [0, 0.05) is 6.54 Å². The van der Waals surface area contributed by atoms with Crippen LogP contribution in [0.4, 0.5) is 0 Å². The zero-order valence-electron chi connectivity index (χ0n) is 11.6. The van der Waals surface area contributed by atoms with E-state index in [0.717, 1.165) is 24.2 Å². The maximum Gasteiger partial charge on any atom is 0.242 e. The third kappa shape index (κ3) is 3.98. The van der Waals surface area contributed by atoms with Crippen molar-refractivity contribution in [3.63, 3.8) is 0 Å². The van der Waals surface area contributed by atoms with E-state index >= 15 is 0 Å². The van der Waals surface area contributed by atoms with Crippen LogP contribution in [0.15, 0.2) is 24.3 Å². The summed E-state index contributed by atoms with van der Waals surface area (Å²) >= 11 is 0. The maximum atomic E-state index is 12.0. The number of amides is 2. The number of nitrogens with one attached hydrogen (secondary N) is 2. The number of carbonyl (C=O) groups excluding carboxylic acids is 2. The van der Waals surface area contributed by atoms with Crippen molar-refractivity contribution in [3.8, 4) is 5.75 Å². The fourth-order valence-corrected chi connectivity index (χ4v) is 2.29. The number of hydrogen-bond acceptors (Lipinski definition) is 3. The second-order valence-electron chi connectivity index (χ2n) is 4.94. The van der Waals surface area contributed by atoms with Crippen LogP contribution in [0, 0.1) is 0 Å². The van der Waals surface area contributed by atoms with Gasteiger partial charge in [0.05, 0.1) is 13.5 Å². The monoisotopic (exact) mass is 276 g/mol. The standard InChI is InChI=1S/C15H20N2O3/c1-20-12-6-4-5-11(9-12)10-14(18)17-13-7-2-3-8-16-15(13)19/h4-6,9,13H,2-3,7-8,10H2,1H3,(H,16,19)(H,17,18)/t13-/m0/s1. The molecule has 0 aliphatic carbocycles. The molecule has 1 heterocycles. The van der Waals surface area contributed by atoms with Crippen LogP contribution in [-0.2, 0) is 16.0 Å². The Bertz CT molecular complexity index is 488. The molecule has 2 rings (SSSR count). The lowest BCUT2D eigenvalue weighted by Gasteiger charge is -2.15. The highest BCUT2D eigenvalue weighted by Crippen LogP contribution is 2.13. The molecule has 0 radical (unpaired) electrons. The minimum Gasteiger partial charge on any atom is -0.497 e. The van der Waals surface area contributed by atoms with Crippen LogP contribution in [-0.4, -0.2) is 31.5 Å². The van der Waals surface area contributed by atoms with E-state index in [1.807, 2.05) is 24.3 Å². The Kier molecular flexibility index (Phi) is 4.98. The van der Waals surface area contributed by atoms with E-state index in [1.54, 1.807) is 7.11 Å². The second kappa shape index (κ2) is 6.93. The van der Waals surface area contributed by atoms with Crippen molar-refractivity contribution >= 4 is 11.8 Å². The SMILES string of the molecule is COc1cccc(CC(=O)N[C@H]2CCCCNC2=O)c1. The van der Waals surface area contributed by atoms with Crippen LogP contribution < -0.4 is 15.4 Å². The van der Waals surface area contributed by atoms with Crippen molar-refractivity contribution in [1.29, 1.82) is 0 Å². The summed E-state index contributed by atoms with van der Waals surface area (Å²) in [5, 5.41) is 5.61. The third-order valence-electron chi connectivity index (χ3n) is 3.37. The van der Waals surface area contributed by atoms with Gasteiger partial charge in [-0.25, -0.2) is 0 Å². The van der Waals surface area contributed by atoms with E-state index in [4.69, 9.17) is 4.74 Å². The molecule has 1 aromatic rings. The first kappa shape index (κ1) is 14.4. The molecule has 20 heavy (non-hydrogen) atoms. The van der Waals surface area contributed by atoms with Crippen LogP contribution in [0.3, 0.4) is 0 Å². The lowest BCUT2D eigenvalue weighted by atomic mass is 10.1. The number of methoxy groups -OCH3 is 1. The largest absolute Gasteiger partial charge is 0.497 e. The molecule has 1 atom stereocenters. The highest BCUT2D eigenvalue weighted by Gasteiger charge is 2.22. The molecule has 5 nitrogen and oxygen atoms in total. The number of ether oxygens (including phenoxy) is 1. The molecule has 0 aromatic heterocycles. The Balaban J connectivity index is 1.92. The average molecular weight is 276 g/mol. The Morgan fingerprint density at radius 1 is 1.45 bits per heavy atom. The summed E-state index contributed by atoms with van der Waals surface area (Å²) in [5.74, 6) is 0.504. The van der Waals surface area contributed by atoms with Crippen LogP contribution in [0.25, 0.3) is 0 Å². The van der Waals surface area contributed by atoms with Crippen LogP contribution >= 0.6 is 0 Å². The number of rotatable bonds is 4. The highest BCUT2D eigenvalue weighted by molar-refractivity contribution is 5.88. The molecular weight excluding hydrogens is 256 g/mol. The number of hydrogen-bond donors (Lipinski definition) is 2. The van der Waals surface area contributed by atoms with Gasteiger partial charge in [-0.1, -0.05) is 12.1 Å². The lowest BCUT2D eigenvalue weighted by molar-refractivity contribution is -0.128. The van der Waals surface area contributed by atoms with E-state index in [1.165, 1.54) is 0 Å². The molecule has 1 aromatic carbocycles. The van der Waals surface area contributed by atoms with E-state index in [2.05, 4.69) is 10.6 Å². The summed E-state index contributed by atoms with van der Waals surface area (Å²) in [5.41, 5.74) is 0.871. The molecule has 1 saturated heterocycles. The van der Waals surface area contributed by atoms with E-state index in [-0.39, 0.29) is 18.2 Å². The minimum absolute atomic E-state index is 0.0820. The number of carbonyl (C=O) groups is 2. The fourth-order valence-electron chi connectivity index (χ4n) is 2.29. The van der Waals surface area contributed by atoms with Gasteiger partial charge in [-0.3, -0.25) is 9.59 Å². The quantitative estimate of drug-likeness (QED) is 0.863. The van der Waals surface area contributed by atoms with Crippen molar-refractivity contribution in [2.45, 2.75) is 31.7 Å². The van der Waals surface area contributed by atoms with Gasteiger partial charge in [0.2, 0.25) is 11.8 Å². The first-order valence-electron chi connectivity index (χ1n) is 6.89. The van der Waals surface area contributed by atoms with E-state index in [9.17, 15) is 9.59 Å². The van der Waals surface area contributed by atoms with Crippen molar-refractivity contribution in [3.05, 3.63) is 29.8 Å². The van der Waals surface area contributed by atoms with E-state index in [0.29, 0.717) is 13.0 Å². The van der Waals surface area contributed by atoms with Gasteiger partial charge in [-0.2, -0.15) is 0 Å². The summed E-state index contributed by atoms with van der Waals surface area (Å²) in [6, 6.07) is 6.97. The summed E-state index contributed by atoms with van der Waals surface area (Å²) in [6.45, 7) is 0.696. The van der Waals surface area contributed by atoms with Gasteiger partial charge in [0.25, 0.3) is 0 Å². The molecular formula is C15H20N2O3. The van der Waals surface area contributed by atoms with Crippen molar-refractivity contribution < 1.29 is 14.3 Å². The molecule has 1 aliphatic rings. The number of benzene rings is 1. The summed E-state index contributed by atoms with van der Waals surface area (Å²) < 4.78 is 5.12. The molecule has 2 N–H and O–H groups in total. The van der Waals surface area contributed by atoms with Gasteiger partial charge in [0.1, 0.15) is 11.8 Å². The first-order valence-corrected chi connectivity index (χ1v) is 6.89. The first-order chi connectivity index (χ1) is 9.69. The molecule has 0 unspecified atom stereocenters. The molecule has 0 saturated carbocycles. The van der Waals surface area contributed by atoms with Crippen molar-refractivity contribution in [2.75, 3.05) is 13.7 Å². The Labute approximate surface area is 118 Å². The van der Waals surface area contributed by atoms with Gasteiger partial charge in [-0.15, -0.1) is 0 Å². The Morgan fingerprint density at radius 3 is 3.10 bits per heavy atom. The zero-order valence-corrected chi connectivity index (χ0v) is 11.6. The molecule has 1 fully saturated rings. The zero-order chi connectivity index (χ0) is 14.4. The van der Waals surface area contributed by atoms with Crippen molar-refractivity contribution in [2.24, 2.45) is 0 Å². The fraction of sp³-hybridized carbons (Fsp3) is 0.467. The van der Waals surface area contributed by atoms with Gasteiger partial charge in [0.15, 0.2) is 0 Å². The minimum atomic E-state index is -0.407. The predicted molar refractivity (Wildman–Crippen MR) is 75.5 cm³/mol. The smallest absolute Gasteiger partial charge is 0.242 e. The highest BCUT2D eigenvalue weighted by atomic mass is 16.5. The lowest BCUT2D eigenvalue weighted by Crippen LogP contribution is -2.45. The van der Waals surface area contributed by atoms with Crippen LogP contribution in [0.5, 0.6) is 5.75 Å². The molecule has 0 spiro atoms. The third-order valence-corrected chi connectivity index (χ3v) is 3.37. The molecule has 2 amide bonds. The summed E-state index contributed by atoms with van der Waals surface area (Å²) in [7, 11) is 1.59. The summed E-state index contributed by atoms with van der Waals surface area (Å²) in [6.07, 6.45) is 2.87. The van der Waals surface area contributed by atoms with Gasteiger partial charge < -0.3 is 15.4 Å². The predicted octanol–water partition coefficient (Wildman–Crippen LogP) is 1.02. The normalized spacial score (nSPS) is 18.9. The molecule has 0 bridgehead atoms. The van der Waals surface area contributed by atoms with Crippen LogP contribution in [0.1, 0.15) is 24.8 Å². The van der Waals surface area contributed by atoms with Gasteiger partial charge in [-0.05, 0) is 37.0 Å². The topological polar surface area (TPSA) is 67.4 Å². The summed E-state index contributed by atoms with van der Waals surface area (Å²) in [4.78, 5) is 23.8. The Hall–Kier alpha value is -2.04. The molecule has 108 valence electrons. The molecule has 1 aliphatic heterocycles. The molecule has 5 heteroatoms.